The number of hydrogen-bond donors (Lipinski definition) is 1. The second kappa shape index (κ2) is 5.99. The molecule has 5 nitrogen and oxygen atoms in total. The van der Waals surface area contributed by atoms with Crippen molar-refractivity contribution in [3.63, 3.8) is 0 Å². The van der Waals surface area contributed by atoms with Gasteiger partial charge in [0.15, 0.2) is 0 Å². The fraction of sp³-hybridized carbons (Fsp3) is 0.833. The molecule has 0 unspecified atom stereocenters. The second-order valence-electron chi connectivity index (χ2n) is 5.00. The number of aliphatic hydroxyl groups is 1. The number of piperidine rings is 1. The highest BCUT2D eigenvalue weighted by Gasteiger charge is 2.28. The lowest BCUT2D eigenvalue weighted by atomic mass is 9.94. The maximum atomic E-state index is 11.8. The minimum atomic E-state index is -0.577. The summed E-state index contributed by atoms with van der Waals surface area (Å²) in [5.41, 5.74) is -0.577. The Balaban J connectivity index is 2.30. The molecular weight excluding hydrogens is 218 g/mol. The van der Waals surface area contributed by atoms with Gasteiger partial charge in [0.1, 0.15) is 0 Å². The molecule has 1 N–H and O–H groups in total. The van der Waals surface area contributed by atoms with E-state index < -0.39 is 5.60 Å². The van der Waals surface area contributed by atoms with Crippen molar-refractivity contribution in [1.29, 1.82) is 5.26 Å². The summed E-state index contributed by atoms with van der Waals surface area (Å²) in [7, 11) is 1.72. The molecule has 1 rings (SSSR count). The molecule has 17 heavy (non-hydrogen) atoms. The molecule has 0 aromatic rings. The lowest BCUT2D eigenvalue weighted by molar-refractivity contribution is -0.132. The molecule has 96 valence electrons. The Bertz CT molecular complexity index is 299. The molecule has 0 aromatic heterocycles. The fourth-order valence-electron chi connectivity index (χ4n) is 1.85. The third kappa shape index (κ3) is 4.72. The molecule has 0 bridgehead atoms. The van der Waals surface area contributed by atoms with Crippen molar-refractivity contribution in [2.75, 3.05) is 33.2 Å². The van der Waals surface area contributed by atoms with Gasteiger partial charge in [-0.2, -0.15) is 5.26 Å². The van der Waals surface area contributed by atoms with Gasteiger partial charge in [-0.05, 0) is 19.8 Å². The van der Waals surface area contributed by atoms with Crippen molar-refractivity contribution < 1.29 is 9.90 Å². The highest BCUT2D eigenvalue weighted by atomic mass is 16.3. The third-order valence-corrected chi connectivity index (χ3v) is 3.28. The van der Waals surface area contributed by atoms with Crippen molar-refractivity contribution in [2.45, 2.75) is 31.8 Å². The SMILES string of the molecule is CN(CCC#N)C(=O)CN1CCC(C)(O)CC1. The van der Waals surface area contributed by atoms with E-state index in [9.17, 15) is 9.90 Å². The summed E-state index contributed by atoms with van der Waals surface area (Å²) in [5.74, 6) is 0.0433. The van der Waals surface area contributed by atoms with Crippen LogP contribution in [0.15, 0.2) is 0 Å². The van der Waals surface area contributed by atoms with E-state index in [1.165, 1.54) is 0 Å². The quantitative estimate of drug-likeness (QED) is 0.761. The zero-order chi connectivity index (χ0) is 12.9. The van der Waals surface area contributed by atoms with Crippen molar-refractivity contribution in [1.82, 2.24) is 9.80 Å². The first-order chi connectivity index (χ1) is 7.94. The van der Waals surface area contributed by atoms with Gasteiger partial charge in [0.25, 0.3) is 0 Å². The van der Waals surface area contributed by atoms with E-state index in [4.69, 9.17) is 5.26 Å². The first kappa shape index (κ1) is 13.9. The molecule has 5 heteroatoms. The summed E-state index contributed by atoms with van der Waals surface area (Å²) < 4.78 is 0. The van der Waals surface area contributed by atoms with Gasteiger partial charge in [-0.3, -0.25) is 9.69 Å². The van der Waals surface area contributed by atoms with E-state index in [0.717, 1.165) is 13.1 Å². The maximum Gasteiger partial charge on any atom is 0.236 e. The molecule has 1 saturated heterocycles. The summed E-state index contributed by atoms with van der Waals surface area (Å²) in [6.07, 6.45) is 1.79. The number of amides is 1. The zero-order valence-corrected chi connectivity index (χ0v) is 10.6. The highest BCUT2D eigenvalue weighted by molar-refractivity contribution is 5.78. The van der Waals surface area contributed by atoms with Crippen LogP contribution in [0.3, 0.4) is 0 Å². The number of hydrogen-bond acceptors (Lipinski definition) is 4. The van der Waals surface area contributed by atoms with Crippen molar-refractivity contribution in [3.8, 4) is 6.07 Å². The Kier molecular flexibility index (Phi) is 4.91. The maximum absolute atomic E-state index is 11.8. The van der Waals surface area contributed by atoms with Crippen LogP contribution in [0.5, 0.6) is 0 Å². The summed E-state index contributed by atoms with van der Waals surface area (Å²) in [4.78, 5) is 15.4. The van der Waals surface area contributed by atoms with E-state index in [2.05, 4.69) is 4.90 Å². The van der Waals surface area contributed by atoms with E-state index in [1.54, 1.807) is 11.9 Å². The average molecular weight is 239 g/mol. The molecule has 0 aromatic carbocycles. The standard InChI is InChI=1S/C12H21N3O2/c1-12(17)4-8-15(9-5-12)10-11(16)14(2)7-3-6-13/h17H,3-5,7-10H2,1-2H3. The van der Waals surface area contributed by atoms with Crippen LogP contribution in [-0.2, 0) is 4.79 Å². The van der Waals surface area contributed by atoms with Crippen LogP contribution in [0.4, 0.5) is 0 Å². The predicted molar refractivity (Wildman–Crippen MR) is 64.2 cm³/mol. The normalized spacial score (nSPS) is 19.6. The largest absolute Gasteiger partial charge is 0.390 e. The number of rotatable bonds is 4. The number of likely N-dealkylation sites (tertiary alicyclic amines) is 1. The summed E-state index contributed by atoms with van der Waals surface area (Å²) in [6, 6.07) is 2.03. The van der Waals surface area contributed by atoms with E-state index >= 15 is 0 Å². The Hall–Kier alpha value is -1.12. The number of carbonyl (C=O) groups is 1. The van der Waals surface area contributed by atoms with Gasteiger partial charge in [0.05, 0.1) is 24.6 Å². The molecule has 1 aliphatic heterocycles. The number of nitrogens with zero attached hydrogens (tertiary/aromatic N) is 3. The first-order valence-electron chi connectivity index (χ1n) is 6.00. The Labute approximate surface area is 103 Å². The van der Waals surface area contributed by atoms with Crippen molar-refractivity contribution >= 4 is 5.91 Å². The van der Waals surface area contributed by atoms with Crippen molar-refractivity contribution in [2.24, 2.45) is 0 Å². The van der Waals surface area contributed by atoms with Crippen LogP contribution in [0.2, 0.25) is 0 Å². The van der Waals surface area contributed by atoms with Crippen LogP contribution in [-0.4, -0.2) is 59.6 Å². The molecule has 0 atom stereocenters. The molecule has 0 spiro atoms. The fourth-order valence-corrected chi connectivity index (χ4v) is 1.85. The summed E-state index contributed by atoms with van der Waals surface area (Å²) in [5, 5.41) is 18.2. The minimum absolute atomic E-state index is 0.0433. The lowest BCUT2D eigenvalue weighted by Crippen LogP contribution is -2.46. The van der Waals surface area contributed by atoms with E-state index in [-0.39, 0.29) is 5.91 Å². The van der Waals surface area contributed by atoms with Crippen molar-refractivity contribution in [3.05, 3.63) is 0 Å². The molecule has 1 aliphatic rings. The predicted octanol–water partition coefficient (Wildman–Crippen LogP) is 0.205. The Morgan fingerprint density at radius 2 is 2.12 bits per heavy atom. The molecule has 0 aliphatic carbocycles. The van der Waals surface area contributed by atoms with Gasteiger partial charge in [-0.15, -0.1) is 0 Å². The Morgan fingerprint density at radius 3 is 2.65 bits per heavy atom. The monoisotopic (exact) mass is 239 g/mol. The van der Waals surface area contributed by atoms with Crippen LogP contribution >= 0.6 is 0 Å². The number of likely N-dealkylation sites (N-methyl/N-ethyl adjacent to an activating group) is 1. The van der Waals surface area contributed by atoms with Gasteiger partial charge < -0.3 is 10.0 Å². The second-order valence-corrected chi connectivity index (χ2v) is 5.00. The summed E-state index contributed by atoms with van der Waals surface area (Å²) in [6.45, 7) is 4.22. The lowest BCUT2D eigenvalue weighted by Gasteiger charge is -2.35. The minimum Gasteiger partial charge on any atom is -0.390 e. The molecule has 0 radical (unpaired) electrons. The molecule has 1 amide bonds. The van der Waals surface area contributed by atoms with Gasteiger partial charge in [0.2, 0.25) is 5.91 Å². The van der Waals surface area contributed by atoms with Gasteiger partial charge in [-0.1, -0.05) is 0 Å². The highest BCUT2D eigenvalue weighted by Crippen LogP contribution is 2.20. The number of carbonyl (C=O) groups excluding carboxylic acids is 1. The van der Waals surface area contributed by atoms with E-state index in [0.29, 0.717) is 32.4 Å². The third-order valence-electron chi connectivity index (χ3n) is 3.28. The first-order valence-corrected chi connectivity index (χ1v) is 6.00. The van der Waals surface area contributed by atoms with Crippen LogP contribution in [0, 0.1) is 11.3 Å². The smallest absolute Gasteiger partial charge is 0.236 e. The van der Waals surface area contributed by atoms with Crippen LogP contribution in [0.1, 0.15) is 26.2 Å². The van der Waals surface area contributed by atoms with E-state index in [1.807, 2.05) is 13.0 Å². The topological polar surface area (TPSA) is 67.6 Å². The van der Waals surface area contributed by atoms with Gasteiger partial charge in [-0.25, -0.2) is 0 Å². The zero-order valence-electron chi connectivity index (χ0n) is 10.6. The molecular formula is C12H21N3O2. The molecule has 1 heterocycles. The van der Waals surface area contributed by atoms with Crippen LogP contribution < -0.4 is 0 Å². The average Bonchev–Trinajstić information content (AvgIpc) is 2.28. The Morgan fingerprint density at radius 1 is 1.53 bits per heavy atom. The van der Waals surface area contributed by atoms with Gasteiger partial charge in [0, 0.05) is 26.7 Å². The summed E-state index contributed by atoms with van der Waals surface area (Å²) >= 11 is 0. The van der Waals surface area contributed by atoms with Crippen LogP contribution in [0.25, 0.3) is 0 Å². The van der Waals surface area contributed by atoms with Gasteiger partial charge >= 0.3 is 0 Å². The molecule has 1 fully saturated rings. The molecule has 0 saturated carbocycles. The number of nitriles is 1.